The van der Waals surface area contributed by atoms with Gasteiger partial charge >= 0.3 is 0 Å². The van der Waals surface area contributed by atoms with Crippen LogP contribution in [0, 0.1) is 0 Å². The molecule has 70 valence electrons. The van der Waals surface area contributed by atoms with Crippen LogP contribution in [0.3, 0.4) is 0 Å². The lowest BCUT2D eigenvalue weighted by Gasteiger charge is -2.07. The first-order valence-electron chi connectivity index (χ1n) is 4.40. The summed E-state index contributed by atoms with van der Waals surface area (Å²) in [4.78, 5) is 11.0. The fourth-order valence-electron chi connectivity index (χ4n) is 1.45. The zero-order chi connectivity index (χ0) is 9.26. The molecule has 1 aromatic rings. The van der Waals surface area contributed by atoms with Gasteiger partial charge in [-0.3, -0.25) is 9.48 Å². The molecule has 1 aliphatic heterocycles. The molecule has 0 N–H and O–H groups in total. The van der Waals surface area contributed by atoms with E-state index in [4.69, 9.17) is 0 Å². The van der Waals surface area contributed by atoms with Crippen LogP contribution in [0.1, 0.15) is 29.7 Å². The van der Waals surface area contributed by atoms with E-state index in [-0.39, 0.29) is 5.78 Å². The van der Waals surface area contributed by atoms with Gasteiger partial charge in [0, 0.05) is 11.9 Å². The first kappa shape index (κ1) is 8.81. The van der Waals surface area contributed by atoms with Crippen LogP contribution < -0.4 is 0 Å². The van der Waals surface area contributed by atoms with Gasteiger partial charge in [0.05, 0.1) is 17.8 Å². The molecule has 3 nitrogen and oxygen atoms in total. The molecular formula is C9H12N2OS. The Morgan fingerprint density at radius 1 is 1.77 bits per heavy atom. The summed E-state index contributed by atoms with van der Waals surface area (Å²) in [5.74, 6) is 2.43. The monoisotopic (exact) mass is 196 g/mol. The number of hydrogen-bond acceptors (Lipinski definition) is 3. The van der Waals surface area contributed by atoms with E-state index in [9.17, 15) is 4.79 Å². The van der Waals surface area contributed by atoms with Crippen molar-refractivity contribution in [2.45, 2.75) is 19.4 Å². The molecule has 0 saturated carbocycles. The lowest BCUT2D eigenvalue weighted by atomic mass is 10.2. The summed E-state index contributed by atoms with van der Waals surface area (Å²) >= 11 is 1.95. The summed E-state index contributed by atoms with van der Waals surface area (Å²) in [7, 11) is 0. The summed E-state index contributed by atoms with van der Waals surface area (Å²) in [6.45, 7) is 1.57. The van der Waals surface area contributed by atoms with Crippen LogP contribution in [0.25, 0.3) is 0 Å². The number of carbonyl (C=O) groups is 1. The summed E-state index contributed by atoms with van der Waals surface area (Å²) < 4.78 is 1.93. The van der Waals surface area contributed by atoms with Crippen molar-refractivity contribution in [1.29, 1.82) is 0 Å². The molecule has 0 radical (unpaired) electrons. The number of rotatable bonds is 2. The fourth-order valence-corrected chi connectivity index (χ4v) is 2.65. The zero-order valence-electron chi connectivity index (χ0n) is 7.56. The molecule has 0 bridgehead atoms. The lowest BCUT2D eigenvalue weighted by molar-refractivity contribution is 0.101. The van der Waals surface area contributed by atoms with Crippen molar-refractivity contribution in [2.24, 2.45) is 0 Å². The van der Waals surface area contributed by atoms with Gasteiger partial charge in [-0.15, -0.1) is 0 Å². The second-order valence-corrected chi connectivity index (χ2v) is 4.43. The van der Waals surface area contributed by atoms with Crippen molar-refractivity contribution in [3.8, 4) is 0 Å². The van der Waals surface area contributed by atoms with Gasteiger partial charge in [-0.1, -0.05) is 0 Å². The first-order valence-corrected chi connectivity index (χ1v) is 5.55. The maximum atomic E-state index is 11.0. The molecule has 2 rings (SSSR count). The van der Waals surface area contributed by atoms with E-state index in [2.05, 4.69) is 5.10 Å². The molecule has 0 amide bonds. The molecule has 0 aromatic carbocycles. The SMILES string of the molecule is CC(=O)c1cnn(C2CCSC2)c1. The van der Waals surface area contributed by atoms with Gasteiger partial charge < -0.3 is 0 Å². The minimum atomic E-state index is 0.0944. The van der Waals surface area contributed by atoms with Crippen LogP contribution >= 0.6 is 11.8 Å². The maximum Gasteiger partial charge on any atom is 0.162 e. The van der Waals surface area contributed by atoms with Crippen molar-refractivity contribution in [1.82, 2.24) is 9.78 Å². The Labute approximate surface area is 81.5 Å². The van der Waals surface area contributed by atoms with E-state index in [1.54, 1.807) is 13.1 Å². The van der Waals surface area contributed by atoms with Crippen LogP contribution in [0.4, 0.5) is 0 Å². The van der Waals surface area contributed by atoms with Crippen LogP contribution in [0.2, 0.25) is 0 Å². The fraction of sp³-hybridized carbons (Fsp3) is 0.556. The Balaban J connectivity index is 2.16. The van der Waals surface area contributed by atoms with E-state index in [1.807, 2.05) is 22.6 Å². The number of aromatic nitrogens is 2. The first-order chi connectivity index (χ1) is 6.27. The molecule has 1 aliphatic rings. The molecule has 0 aliphatic carbocycles. The molecule has 1 saturated heterocycles. The number of Topliss-reactive ketones (excluding diaryl/α,β-unsaturated/α-hetero) is 1. The van der Waals surface area contributed by atoms with Crippen molar-refractivity contribution < 1.29 is 4.79 Å². The van der Waals surface area contributed by atoms with E-state index >= 15 is 0 Å². The Kier molecular flexibility index (Phi) is 2.40. The van der Waals surface area contributed by atoms with Gasteiger partial charge in [0.25, 0.3) is 0 Å². The largest absolute Gasteiger partial charge is 0.294 e. The summed E-state index contributed by atoms with van der Waals surface area (Å²) in [5, 5.41) is 4.20. The maximum absolute atomic E-state index is 11.0. The molecule has 1 atom stereocenters. The number of hydrogen-bond donors (Lipinski definition) is 0. The smallest absolute Gasteiger partial charge is 0.162 e. The normalized spacial score (nSPS) is 22.1. The van der Waals surface area contributed by atoms with E-state index in [0.717, 1.165) is 11.3 Å². The van der Waals surface area contributed by atoms with Gasteiger partial charge in [0.2, 0.25) is 0 Å². The number of nitrogens with zero attached hydrogens (tertiary/aromatic N) is 2. The van der Waals surface area contributed by atoms with Gasteiger partial charge in [-0.25, -0.2) is 0 Å². The van der Waals surface area contributed by atoms with Gasteiger partial charge in [0.15, 0.2) is 5.78 Å². The Morgan fingerprint density at radius 2 is 2.62 bits per heavy atom. The minimum Gasteiger partial charge on any atom is -0.294 e. The summed E-state index contributed by atoms with van der Waals surface area (Å²) in [5.41, 5.74) is 0.719. The highest BCUT2D eigenvalue weighted by Crippen LogP contribution is 2.27. The zero-order valence-corrected chi connectivity index (χ0v) is 8.38. The van der Waals surface area contributed by atoms with E-state index in [0.29, 0.717) is 6.04 Å². The van der Waals surface area contributed by atoms with Gasteiger partial charge in [-0.05, 0) is 19.1 Å². The Morgan fingerprint density at radius 3 is 3.15 bits per heavy atom. The van der Waals surface area contributed by atoms with Crippen LogP contribution in [-0.2, 0) is 0 Å². The van der Waals surface area contributed by atoms with Crippen molar-refractivity contribution in [3.63, 3.8) is 0 Å². The average Bonchev–Trinajstić information content (AvgIpc) is 2.75. The second kappa shape index (κ2) is 3.54. The third-order valence-electron chi connectivity index (χ3n) is 2.29. The van der Waals surface area contributed by atoms with Gasteiger partial charge in [0.1, 0.15) is 0 Å². The highest BCUT2D eigenvalue weighted by Gasteiger charge is 2.18. The molecule has 4 heteroatoms. The second-order valence-electron chi connectivity index (χ2n) is 3.28. The third kappa shape index (κ3) is 1.77. The van der Waals surface area contributed by atoms with E-state index in [1.165, 1.54) is 12.2 Å². The lowest BCUT2D eigenvalue weighted by Crippen LogP contribution is -2.07. The summed E-state index contributed by atoms with van der Waals surface area (Å²) in [6.07, 6.45) is 4.69. The highest BCUT2D eigenvalue weighted by atomic mass is 32.2. The molecule has 13 heavy (non-hydrogen) atoms. The molecule has 2 heterocycles. The Bertz CT molecular complexity index is 315. The highest BCUT2D eigenvalue weighted by molar-refractivity contribution is 7.99. The molecule has 1 aromatic heterocycles. The average molecular weight is 196 g/mol. The predicted molar refractivity (Wildman–Crippen MR) is 53.2 cm³/mol. The number of carbonyl (C=O) groups excluding carboxylic acids is 1. The number of ketones is 1. The predicted octanol–water partition coefficient (Wildman–Crippen LogP) is 1.76. The number of thioether (sulfide) groups is 1. The van der Waals surface area contributed by atoms with Crippen LogP contribution in [-0.4, -0.2) is 27.1 Å². The topological polar surface area (TPSA) is 34.9 Å². The summed E-state index contributed by atoms with van der Waals surface area (Å²) in [6, 6.07) is 0.498. The van der Waals surface area contributed by atoms with Crippen LogP contribution in [0.15, 0.2) is 12.4 Å². The van der Waals surface area contributed by atoms with Crippen molar-refractivity contribution >= 4 is 17.5 Å². The molecule has 1 fully saturated rings. The molecular weight excluding hydrogens is 184 g/mol. The quantitative estimate of drug-likeness (QED) is 0.676. The van der Waals surface area contributed by atoms with Gasteiger partial charge in [-0.2, -0.15) is 16.9 Å². The standard InChI is InChI=1S/C9H12N2OS/c1-7(12)8-4-10-11(5-8)9-2-3-13-6-9/h4-5,9H,2-3,6H2,1H3. The molecule has 1 unspecified atom stereocenters. The van der Waals surface area contributed by atoms with E-state index < -0.39 is 0 Å². The Hall–Kier alpha value is -0.770. The van der Waals surface area contributed by atoms with Crippen molar-refractivity contribution in [3.05, 3.63) is 18.0 Å². The van der Waals surface area contributed by atoms with Crippen LogP contribution in [0.5, 0.6) is 0 Å². The third-order valence-corrected chi connectivity index (χ3v) is 3.43. The molecule has 0 spiro atoms. The minimum absolute atomic E-state index is 0.0944. The van der Waals surface area contributed by atoms with Crippen molar-refractivity contribution in [2.75, 3.05) is 11.5 Å².